The van der Waals surface area contributed by atoms with Crippen LogP contribution in [0.25, 0.3) is 0 Å². The molecule has 0 aromatic carbocycles. The molecule has 1 N–H and O–H groups in total. The number of aliphatic hydroxyl groups is 1. The standard InChI is InChI=1S/C5H6O3/c6-4-1-2-5(7)8-3-4/h2,7H,1,3H2. The normalized spacial score (nSPS) is 19.5. The van der Waals surface area contributed by atoms with Crippen molar-refractivity contribution in [2.75, 3.05) is 6.61 Å². The van der Waals surface area contributed by atoms with Gasteiger partial charge in [0.05, 0.1) is 0 Å². The molecule has 1 aliphatic rings. The first kappa shape index (κ1) is 5.15. The smallest absolute Gasteiger partial charge is 0.273 e. The largest absolute Gasteiger partial charge is 0.481 e. The monoisotopic (exact) mass is 114 g/mol. The Bertz CT molecular complexity index is 137. The molecule has 0 aliphatic carbocycles. The van der Waals surface area contributed by atoms with E-state index < -0.39 is 0 Å². The van der Waals surface area contributed by atoms with E-state index in [1.54, 1.807) is 0 Å². The summed E-state index contributed by atoms with van der Waals surface area (Å²) in [6.45, 7) is 0.0162. The third-order valence-electron chi connectivity index (χ3n) is 0.885. The van der Waals surface area contributed by atoms with Crippen LogP contribution in [0.2, 0.25) is 0 Å². The van der Waals surface area contributed by atoms with Gasteiger partial charge in [-0.3, -0.25) is 4.79 Å². The van der Waals surface area contributed by atoms with Crippen LogP contribution in [0.15, 0.2) is 12.0 Å². The second-order valence-electron chi connectivity index (χ2n) is 1.57. The molecule has 3 heteroatoms. The summed E-state index contributed by atoms with van der Waals surface area (Å²) in [6, 6.07) is 0. The minimum atomic E-state index is -0.135. The van der Waals surface area contributed by atoms with Crippen molar-refractivity contribution in [2.45, 2.75) is 6.42 Å². The number of allylic oxidation sites excluding steroid dienone is 1. The second kappa shape index (κ2) is 1.86. The van der Waals surface area contributed by atoms with Crippen LogP contribution in [0.4, 0.5) is 0 Å². The minimum Gasteiger partial charge on any atom is -0.481 e. The van der Waals surface area contributed by atoms with Crippen LogP contribution in [0.5, 0.6) is 0 Å². The van der Waals surface area contributed by atoms with E-state index in [4.69, 9.17) is 5.11 Å². The average molecular weight is 114 g/mol. The first-order valence-corrected chi connectivity index (χ1v) is 2.32. The SMILES string of the molecule is O=C1CC=C(O)OC1. The second-order valence-corrected chi connectivity index (χ2v) is 1.57. The fourth-order valence-electron chi connectivity index (χ4n) is 0.473. The van der Waals surface area contributed by atoms with Gasteiger partial charge in [-0.1, -0.05) is 0 Å². The van der Waals surface area contributed by atoms with E-state index in [-0.39, 0.29) is 18.3 Å². The van der Waals surface area contributed by atoms with Gasteiger partial charge in [-0.05, 0) is 0 Å². The Morgan fingerprint density at radius 1 is 1.75 bits per heavy atom. The quantitative estimate of drug-likeness (QED) is 0.495. The van der Waals surface area contributed by atoms with Gasteiger partial charge in [0, 0.05) is 12.5 Å². The zero-order valence-corrected chi connectivity index (χ0v) is 4.26. The van der Waals surface area contributed by atoms with E-state index in [9.17, 15) is 4.79 Å². The third-order valence-corrected chi connectivity index (χ3v) is 0.885. The molecule has 0 atom stereocenters. The summed E-state index contributed by atoms with van der Waals surface area (Å²) >= 11 is 0. The minimum absolute atomic E-state index is 0.00259. The lowest BCUT2D eigenvalue weighted by Gasteiger charge is -2.06. The van der Waals surface area contributed by atoms with Gasteiger partial charge >= 0.3 is 0 Å². The number of ether oxygens (including phenoxy) is 1. The van der Waals surface area contributed by atoms with Crippen LogP contribution < -0.4 is 0 Å². The molecule has 0 bridgehead atoms. The molecule has 0 unspecified atom stereocenters. The van der Waals surface area contributed by atoms with E-state index in [0.717, 1.165) is 0 Å². The zero-order valence-electron chi connectivity index (χ0n) is 4.26. The summed E-state index contributed by atoms with van der Waals surface area (Å²) in [5, 5.41) is 8.51. The van der Waals surface area contributed by atoms with E-state index in [0.29, 0.717) is 6.42 Å². The summed E-state index contributed by atoms with van der Waals surface area (Å²) in [5.74, 6) is -0.132. The number of carbonyl (C=O) groups excluding carboxylic acids is 1. The summed E-state index contributed by atoms with van der Waals surface area (Å²) in [5.41, 5.74) is 0. The van der Waals surface area contributed by atoms with Crippen LogP contribution in [0.3, 0.4) is 0 Å². The lowest BCUT2D eigenvalue weighted by atomic mass is 10.3. The van der Waals surface area contributed by atoms with E-state index in [2.05, 4.69) is 4.74 Å². The van der Waals surface area contributed by atoms with Crippen molar-refractivity contribution in [3.63, 3.8) is 0 Å². The number of hydrogen-bond acceptors (Lipinski definition) is 3. The van der Waals surface area contributed by atoms with Crippen molar-refractivity contribution >= 4 is 5.78 Å². The Morgan fingerprint density at radius 2 is 2.50 bits per heavy atom. The highest BCUT2D eigenvalue weighted by Gasteiger charge is 2.08. The van der Waals surface area contributed by atoms with Crippen molar-refractivity contribution in [3.8, 4) is 0 Å². The molecule has 1 heterocycles. The Morgan fingerprint density at radius 3 is 2.88 bits per heavy atom. The van der Waals surface area contributed by atoms with E-state index in [1.807, 2.05) is 0 Å². The summed E-state index contributed by atoms with van der Waals surface area (Å²) < 4.78 is 4.46. The van der Waals surface area contributed by atoms with Crippen LogP contribution in [-0.2, 0) is 9.53 Å². The van der Waals surface area contributed by atoms with Gasteiger partial charge in [0.25, 0.3) is 5.95 Å². The van der Waals surface area contributed by atoms with Crippen molar-refractivity contribution in [1.82, 2.24) is 0 Å². The predicted molar refractivity (Wildman–Crippen MR) is 26.3 cm³/mol. The highest BCUT2D eigenvalue weighted by Crippen LogP contribution is 2.02. The number of ketones is 1. The maximum absolute atomic E-state index is 10.3. The Balaban J connectivity index is 2.55. The Hall–Kier alpha value is -0.990. The first-order chi connectivity index (χ1) is 3.79. The van der Waals surface area contributed by atoms with Gasteiger partial charge in [-0.2, -0.15) is 0 Å². The number of carbonyl (C=O) groups is 1. The van der Waals surface area contributed by atoms with Crippen LogP contribution in [0.1, 0.15) is 6.42 Å². The van der Waals surface area contributed by atoms with Gasteiger partial charge in [0.1, 0.15) is 6.61 Å². The van der Waals surface area contributed by atoms with Gasteiger partial charge in [0.2, 0.25) is 0 Å². The molecule has 0 aromatic heterocycles. The number of Topliss-reactive ketones (excluding diaryl/α,β-unsaturated/α-hetero) is 1. The Labute approximate surface area is 46.6 Å². The Kier molecular flexibility index (Phi) is 1.20. The molecule has 0 spiro atoms. The van der Waals surface area contributed by atoms with Crippen LogP contribution >= 0.6 is 0 Å². The first-order valence-electron chi connectivity index (χ1n) is 2.32. The summed E-state index contributed by atoms with van der Waals surface area (Å²) in [4.78, 5) is 10.3. The molecule has 0 fully saturated rings. The highest BCUT2D eigenvalue weighted by molar-refractivity contribution is 5.81. The molecule has 8 heavy (non-hydrogen) atoms. The van der Waals surface area contributed by atoms with Gasteiger partial charge < -0.3 is 9.84 Å². The molecular weight excluding hydrogens is 108 g/mol. The van der Waals surface area contributed by atoms with Crippen LogP contribution in [0, 0.1) is 0 Å². The molecule has 1 aliphatic heterocycles. The van der Waals surface area contributed by atoms with E-state index >= 15 is 0 Å². The molecule has 0 saturated heterocycles. The highest BCUT2D eigenvalue weighted by atomic mass is 16.6. The van der Waals surface area contributed by atoms with Crippen molar-refractivity contribution in [2.24, 2.45) is 0 Å². The van der Waals surface area contributed by atoms with Crippen molar-refractivity contribution in [1.29, 1.82) is 0 Å². The maximum Gasteiger partial charge on any atom is 0.273 e. The summed E-state index contributed by atoms with van der Waals surface area (Å²) in [6.07, 6.45) is 1.65. The van der Waals surface area contributed by atoms with E-state index in [1.165, 1.54) is 6.08 Å². The molecule has 0 saturated carbocycles. The maximum atomic E-state index is 10.3. The lowest BCUT2D eigenvalue weighted by Crippen LogP contribution is -2.12. The molecule has 0 radical (unpaired) electrons. The number of aliphatic hydroxyl groups excluding tert-OH is 1. The topological polar surface area (TPSA) is 46.5 Å². The van der Waals surface area contributed by atoms with Gasteiger partial charge in [-0.25, -0.2) is 0 Å². The summed E-state index contributed by atoms with van der Waals surface area (Å²) in [7, 11) is 0. The molecule has 0 aromatic rings. The molecule has 0 amide bonds. The van der Waals surface area contributed by atoms with Crippen LogP contribution in [-0.4, -0.2) is 17.5 Å². The van der Waals surface area contributed by atoms with Crippen molar-refractivity contribution < 1.29 is 14.6 Å². The molecular formula is C5H6O3. The average Bonchev–Trinajstić information content (AvgIpc) is 1.77. The number of hydrogen-bond donors (Lipinski definition) is 1. The predicted octanol–water partition coefficient (Wildman–Crippen LogP) is 0.375. The fourth-order valence-corrected chi connectivity index (χ4v) is 0.473. The van der Waals surface area contributed by atoms with Crippen molar-refractivity contribution in [3.05, 3.63) is 12.0 Å². The van der Waals surface area contributed by atoms with Gasteiger partial charge in [-0.15, -0.1) is 0 Å². The molecule has 1 rings (SSSR count). The fraction of sp³-hybridized carbons (Fsp3) is 0.400. The molecule has 44 valence electrons. The lowest BCUT2D eigenvalue weighted by molar-refractivity contribution is -0.124. The third kappa shape index (κ3) is 0.992. The number of rotatable bonds is 0. The molecule has 3 nitrogen and oxygen atoms in total. The zero-order chi connectivity index (χ0) is 5.98. The van der Waals surface area contributed by atoms with Gasteiger partial charge in [0.15, 0.2) is 5.78 Å².